The van der Waals surface area contributed by atoms with E-state index in [0.29, 0.717) is 0 Å². The van der Waals surface area contributed by atoms with E-state index in [9.17, 15) is 0 Å². The van der Waals surface area contributed by atoms with Gasteiger partial charge in [-0.1, -0.05) is 27.2 Å². The summed E-state index contributed by atoms with van der Waals surface area (Å²) in [5, 5.41) is 3.68. The first-order valence-corrected chi connectivity index (χ1v) is 7.68. The van der Waals surface area contributed by atoms with Gasteiger partial charge >= 0.3 is 0 Å². The van der Waals surface area contributed by atoms with Crippen LogP contribution in [0.2, 0.25) is 0 Å². The minimum Gasteiger partial charge on any atom is -0.313 e. The van der Waals surface area contributed by atoms with Gasteiger partial charge in [-0.25, -0.2) is 0 Å². The molecular formula is C15H30N2. The van der Waals surface area contributed by atoms with Gasteiger partial charge in [0.15, 0.2) is 0 Å². The van der Waals surface area contributed by atoms with E-state index in [1.165, 1.54) is 51.7 Å². The molecule has 0 spiro atoms. The van der Waals surface area contributed by atoms with Gasteiger partial charge in [-0.2, -0.15) is 0 Å². The Hall–Kier alpha value is -0.0800. The second-order valence-electron chi connectivity index (χ2n) is 6.36. The molecule has 2 aliphatic rings. The van der Waals surface area contributed by atoms with Crippen molar-refractivity contribution in [3.63, 3.8) is 0 Å². The van der Waals surface area contributed by atoms with Gasteiger partial charge in [-0.05, 0) is 50.6 Å². The topological polar surface area (TPSA) is 15.3 Å². The molecule has 1 saturated carbocycles. The smallest absolute Gasteiger partial charge is 0.0195 e. The van der Waals surface area contributed by atoms with Crippen LogP contribution in [-0.4, -0.2) is 36.6 Å². The molecule has 1 heterocycles. The monoisotopic (exact) mass is 238 g/mol. The normalized spacial score (nSPS) is 34.1. The zero-order chi connectivity index (χ0) is 12.3. The van der Waals surface area contributed by atoms with Crippen molar-refractivity contribution < 1.29 is 0 Å². The Kier molecular flexibility index (Phi) is 4.87. The summed E-state index contributed by atoms with van der Waals surface area (Å²) in [5.41, 5.74) is 0. The highest BCUT2D eigenvalue weighted by atomic mass is 15.2. The van der Waals surface area contributed by atoms with E-state index in [1.807, 2.05) is 0 Å². The lowest BCUT2D eigenvalue weighted by molar-refractivity contribution is 0.0500. The van der Waals surface area contributed by atoms with Gasteiger partial charge in [-0.3, -0.25) is 4.90 Å². The van der Waals surface area contributed by atoms with E-state index < -0.39 is 0 Å². The summed E-state index contributed by atoms with van der Waals surface area (Å²) in [5.74, 6) is 1.88. The molecule has 1 atom stereocenters. The van der Waals surface area contributed by atoms with Crippen LogP contribution in [0.25, 0.3) is 0 Å². The Morgan fingerprint density at radius 3 is 2.53 bits per heavy atom. The van der Waals surface area contributed by atoms with Crippen LogP contribution in [0, 0.1) is 11.8 Å². The number of nitrogens with one attached hydrogen (secondary N) is 1. The number of rotatable bonds is 5. The SMILES string of the molecule is CCN(CC1CCCCN1)C1CC(C(C)C)C1. The maximum atomic E-state index is 3.68. The summed E-state index contributed by atoms with van der Waals surface area (Å²) < 4.78 is 0. The van der Waals surface area contributed by atoms with Crippen LogP contribution in [0.15, 0.2) is 0 Å². The maximum absolute atomic E-state index is 3.68. The minimum absolute atomic E-state index is 0.766. The van der Waals surface area contributed by atoms with Crippen LogP contribution in [0.5, 0.6) is 0 Å². The maximum Gasteiger partial charge on any atom is 0.0195 e. The average Bonchev–Trinajstić information content (AvgIpc) is 2.26. The van der Waals surface area contributed by atoms with Crippen LogP contribution < -0.4 is 5.32 Å². The summed E-state index contributed by atoms with van der Waals surface area (Å²) in [6.07, 6.45) is 7.07. The van der Waals surface area contributed by atoms with Crippen molar-refractivity contribution in [2.24, 2.45) is 11.8 Å². The fraction of sp³-hybridized carbons (Fsp3) is 1.00. The molecule has 1 aliphatic carbocycles. The van der Waals surface area contributed by atoms with E-state index in [2.05, 4.69) is 31.0 Å². The van der Waals surface area contributed by atoms with Gasteiger partial charge < -0.3 is 5.32 Å². The number of hydrogen-bond donors (Lipinski definition) is 1. The Morgan fingerprint density at radius 1 is 1.24 bits per heavy atom. The van der Waals surface area contributed by atoms with E-state index in [1.54, 1.807) is 0 Å². The molecule has 100 valence electrons. The molecule has 2 nitrogen and oxygen atoms in total. The van der Waals surface area contributed by atoms with Gasteiger partial charge in [0.2, 0.25) is 0 Å². The molecule has 0 bridgehead atoms. The van der Waals surface area contributed by atoms with Crippen molar-refractivity contribution in [2.75, 3.05) is 19.6 Å². The van der Waals surface area contributed by atoms with Crippen molar-refractivity contribution in [1.82, 2.24) is 10.2 Å². The highest BCUT2D eigenvalue weighted by Gasteiger charge is 2.35. The molecular weight excluding hydrogens is 208 g/mol. The van der Waals surface area contributed by atoms with Gasteiger partial charge in [0.1, 0.15) is 0 Å². The highest BCUT2D eigenvalue weighted by Crippen LogP contribution is 2.37. The molecule has 0 aromatic heterocycles. The fourth-order valence-electron chi connectivity index (χ4n) is 3.37. The number of hydrogen-bond acceptors (Lipinski definition) is 2. The molecule has 2 fully saturated rings. The number of likely N-dealkylation sites (N-methyl/N-ethyl adjacent to an activating group) is 1. The zero-order valence-electron chi connectivity index (χ0n) is 11.9. The van der Waals surface area contributed by atoms with Crippen molar-refractivity contribution in [3.05, 3.63) is 0 Å². The van der Waals surface area contributed by atoms with Crippen molar-refractivity contribution >= 4 is 0 Å². The summed E-state index contributed by atoms with van der Waals surface area (Å²) in [6.45, 7) is 10.8. The fourth-order valence-corrected chi connectivity index (χ4v) is 3.37. The Labute approximate surface area is 107 Å². The van der Waals surface area contributed by atoms with Crippen LogP contribution in [-0.2, 0) is 0 Å². The predicted molar refractivity (Wildman–Crippen MR) is 74.2 cm³/mol. The lowest BCUT2D eigenvalue weighted by atomic mass is 9.73. The van der Waals surface area contributed by atoms with Crippen LogP contribution >= 0.6 is 0 Å². The Morgan fingerprint density at radius 2 is 2.00 bits per heavy atom. The van der Waals surface area contributed by atoms with E-state index >= 15 is 0 Å². The van der Waals surface area contributed by atoms with E-state index in [-0.39, 0.29) is 0 Å². The zero-order valence-corrected chi connectivity index (χ0v) is 11.9. The lowest BCUT2D eigenvalue weighted by Gasteiger charge is -2.46. The van der Waals surface area contributed by atoms with Gasteiger partial charge in [0.05, 0.1) is 0 Å². The third-order valence-electron chi connectivity index (χ3n) is 4.88. The summed E-state index contributed by atoms with van der Waals surface area (Å²) in [4.78, 5) is 2.72. The highest BCUT2D eigenvalue weighted by molar-refractivity contribution is 4.90. The first kappa shape index (κ1) is 13.4. The Bertz CT molecular complexity index is 215. The molecule has 0 aromatic rings. The van der Waals surface area contributed by atoms with E-state index in [0.717, 1.165) is 23.9 Å². The molecule has 2 heteroatoms. The quantitative estimate of drug-likeness (QED) is 0.792. The van der Waals surface area contributed by atoms with Crippen LogP contribution in [0.3, 0.4) is 0 Å². The average molecular weight is 238 g/mol. The minimum atomic E-state index is 0.766. The Balaban J connectivity index is 1.73. The molecule has 0 aromatic carbocycles. The molecule has 0 amide bonds. The third-order valence-corrected chi connectivity index (χ3v) is 4.88. The molecule has 1 unspecified atom stereocenters. The molecule has 1 aliphatic heterocycles. The van der Waals surface area contributed by atoms with Gasteiger partial charge in [0, 0.05) is 18.6 Å². The molecule has 1 saturated heterocycles. The lowest BCUT2D eigenvalue weighted by Crippen LogP contribution is -2.51. The van der Waals surface area contributed by atoms with Crippen LogP contribution in [0.4, 0.5) is 0 Å². The molecule has 17 heavy (non-hydrogen) atoms. The first-order valence-electron chi connectivity index (χ1n) is 7.68. The molecule has 0 radical (unpaired) electrons. The van der Waals surface area contributed by atoms with Crippen molar-refractivity contribution in [3.8, 4) is 0 Å². The van der Waals surface area contributed by atoms with Gasteiger partial charge in [-0.15, -0.1) is 0 Å². The van der Waals surface area contributed by atoms with Crippen molar-refractivity contribution in [2.45, 2.75) is 65.0 Å². The largest absolute Gasteiger partial charge is 0.313 e. The van der Waals surface area contributed by atoms with E-state index in [4.69, 9.17) is 0 Å². The standard InChI is InChI=1S/C15H30N2/c1-4-17(11-14-7-5-6-8-16-14)15-9-13(10-15)12(2)3/h12-16H,4-11H2,1-3H3. The van der Waals surface area contributed by atoms with Crippen molar-refractivity contribution in [1.29, 1.82) is 0 Å². The summed E-state index contributed by atoms with van der Waals surface area (Å²) >= 11 is 0. The second-order valence-corrected chi connectivity index (χ2v) is 6.36. The predicted octanol–water partition coefficient (Wildman–Crippen LogP) is 2.89. The second kappa shape index (κ2) is 6.19. The first-order chi connectivity index (χ1) is 8.20. The molecule has 2 rings (SSSR count). The number of nitrogens with zero attached hydrogens (tertiary/aromatic N) is 1. The summed E-state index contributed by atoms with van der Waals surface area (Å²) in [7, 11) is 0. The molecule has 1 N–H and O–H groups in total. The summed E-state index contributed by atoms with van der Waals surface area (Å²) in [6, 6.07) is 1.65. The number of piperidine rings is 1. The van der Waals surface area contributed by atoms with Crippen LogP contribution in [0.1, 0.15) is 52.9 Å². The van der Waals surface area contributed by atoms with Gasteiger partial charge in [0.25, 0.3) is 0 Å². The third kappa shape index (κ3) is 3.45.